The van der Waals surface area contributed by atoms with E-state index in [1.807, 2.05) is 0 Å². The maximum atomic E-state index is 10.8. The molecule has 4 heteroatoms. The van der Waals surface area contributed by atoms with Gasteiger partial charge in [-0.2, -0.15) is 0 Å². The molecule has 0 spiro atoms. The molecule has 0 saturated carbocycles. The van der Waals surface area contributed by atoms with Gasteiger partial charge in [0, 0.05) is 6.61 Å². The summed E-state index contributed by atoms with van der Waals surface area (Å²) in [6.45, 7) is 0.330. The number of carbonyl (C=O) groups is 3. The Morgan fingerprint density at radius 1 is 0.480 bits per heavy atom. The fraction of sp³-hybridized carbons (Fsp3) is 0.857. The molecule has 0 heterocycles. The van der Waals surface area contributed by atoms with Crippen LogP contribution in [0.1, 0.15) is 103 Å². The average Bonchev–Trinajstić information content (AvgIpc) is 2.65. The quantitative estimate of drug-likeness (QED) is 0.194. The van der Waals surface area contributed by atoms with Gasteiger partial charge in [0.15, 0.2) is 0 Å². The molecular weight excluding hydrogens is 316 g/mol. The number of hydrogen-bond donors (Lipinski definition) is 1. The first-order valence-corrected chi connectivity index (χ1v) is 10.2. The summed E-state index contributed by atoms with van der Waals surface area (Å²) >= 11 is 0. The Morgan fingerprint density at radius 3 is 1.04 bits per heavy atom. The second-order valence-corrected chi connectivity index (χ2v) is 7.24. The Bertz CT molecular complexity index is 306. The second kappa shape index (κ2) is 17.8. The predicted molar refractivity (Wildman–Crippen MR) is 102 cm³/mol. The van der Waals surface area contributed by atoms with E-state index in [9.17, 15) is 14.4 Å². The number of aliphatic hydroxyl groups excluding tert-OH is 1. The zero-order valence-corrected chi connectivity index (χ0v) is 15.9. The number of hydrogen-bond acceptors (Lipinski definition) is 4. The highest BCUT2D eigenvalue weighted by molar-refractivity contribution is 6.01. The summed E-state index contributed by atoms with van der Waals surface area (Å²) in [5.74, 6) is 0. The molecule has 0 fully saturated rings. The molecule has 25 heavy (non-hydrogen) atoms. The van der Waals surface area contributed by atoms with Crippen LogP contribution in [0, 0.1) is 5.41 Å². The summed E-state index contributed by atoms with van der Waals surface area (Å²) in [6.07, 6.45) is 19.7. The molecular formula is C21H38O4. The maximum Gasteiger partial charge on any atom is 0.140 e. The molecule has 0 amide bonds. The van der Waals surface area contributed by atoms with Crippen molar-refractivity contribution in [1.82, 2.24) is 0 Å². The lowest BCUT2D eigenvalue weighted by atomic mass is 9.87. The number of aliphatic hydroxyl groups is 1. The average molecular weight is 355 g/mol. The van der Waals surface area contributed by atoms with Gasteiger partial charge in [-0.1, -0.05) is 89.9 Å². The number of carbonyl (C=O) groups excluding carboxylic acids is 3. The van der Waals surface area contributed by atoms with Crippen molar-refractivity contribution in [2.45, 2.75) is 103 Å². The first-order chi connectivity index (χ1) is 12.2. The molecule has 0 aromatic rings. The Morgan fingerprint density at radius 2 is 0.760 bits per heavy atom. The van der Waals surface area contributed by atoms with E-state index in [2.05, 4.69) is 0 Å². The minimum absolute atomic E-state index is 0.330. The topological polar surface area (TPSA) is 71.4 Å². The van der Waals surface area contributed by atoms with Crippen molar-refractivity contribution in [3.63, 3.8) is 0 Å². The monoisotopic (exact) mass is 354 g/mol. The van der Waals surface area contributed by atoms with E-state index >= 15 is 0 Å². The minimum Gasteiger partial charge on any atom is -0.396 e. The molecule has 146 valence electrons. The van der Waals surface area contributed by atoms with Crippen molar-refractivity contribution >= 4 is 18.9 Å². The van der Waals surface area contributed by atoms with Crippen LogP contribution >= 0.6 is 0 Å². The molecule has 0 saturated heterocycles. The molecule has 0 bridgehead atoms. The highest BCUT2D eigenvalue weighted by atomic mass is 16.3. The normalized spacial score (nSPS) is 11.4. The van der Waals surface area contributed by atoms with Gasteiger partial charge >= 0.3 is 0 Å². The first-order valence-electron chi connectivity index (χ1n) is 10.2. The molecule has 0 aromatic carbocycles. The molecule has 0 atom stereocenters. The van der Waals surface area contributed by atoms with Crippen molar-refractivity contribution in [2.24, 2.45) is 5.41 Å². The van der Waals surface area contributed by atoms with Crippen LogP contribution in [0.15, 0.2) is 0 Å². The van der Waals surface area contributed by atoms with E-state index in [4.69, 9.17) is 5.11 Å². The van der Waals surface area contributed by atoms with Crippen LogP contribution in [0.3, 0.4) is 0 Å². The zero-order valence-electron chi connectivity index (χ0n) is 15.9. The molecule has 0 aliphatic heterocycles. The van der Waals surface area contributed by atoms with Crippen LogP contribution in [-0.2, 0) is 14.4 Å². The Balaban J connectivity index is 3.25. The third-order valence-corrected chi connectivity index (χ3v) is 4.93. The Hall–Kier alpha value is -1.03. The van der Waals surface area contributed by atoms with Gasteiger partial charge in [-0.3, -0.25) is 0 Å². The van der Waals surface area contributed by atoms with E-state index in [-0.39, 0.29) is 0 Å². The van der Waals surface area contributed by atoms with E-state index in [0.717, 1.165) is 32.1 Å². The van der Waals surface area contributed by atoms with Crippen LogP contribution in [0.4, 0.5) is 0 Å². The fourth-order valence-electron chi connectivity index (χ4n) is 3.10. The fourth-order valence-corrected chi connectivity index (χ4v) is 3.10. The van der Waals surface area contributed by atoms with Crippen molar-refractivity contribution < 1.29 is 19.5 Å². The van der Waals surface area contributed by atoms with Gasteiger partial charge in [0.1, 0.15) is 24.3 Å². The van der Waals surface area contributed by atoms with Crippen LogP contribution in [0.2, 0.25) is 0 Å². The van der Waals surface area contributed by atoms with Gasteiger partial charge < -0.3 is 19.5 Å². The summed E-state index contributed by atoms with van der Waals surface area (Å²) in [6, 6.07) is 0. The first kappa shape index (κ1) is 24.0. The lowest BCUT2D eigenvalue weighted by Gasteiger charge is -2.12. The standard InChI is InChI=1S/C21H38O4/c22-17-15-13-11-9-7-5-3-1-2-4-6-8-10-12-14-16-21(18-23,19-24)20-25/h18-20,22H,1-17H2. The minimum atomic E-state index is -1.39. The Kier molecular flexibility index (Phi) is 17.0. The molecule has 0 rings (SSSR count). The molecule has 0 unspecified atom stereocenters. The summed E-state index contributed by atoms with van der Waals surface area (Å²) in [4.78, 5) is 32.4. The summed E-state index contributed by atoms with van der Waals surface area (Å²) in [5.41, 5.74) is -1.39. The highest BCUT2D eigenvalue weighted by Crippen LogP contribution is 2.19. The lowest BCUT2D eigenvalue weighted by molar-refractivity contribution is -0.133. The van der Waals surface area contributed by atoms with E-state index in [0.29, 0.717) is 31.9 Å². The lowest BCUT2D eigenvalue weighted by Crippen LogP contribution is -2.26. The number of aldehydes is 3. The van der Waals surface area contributed by atoms with Gasteiger partial charge in [-0.05, 0) is 12.8 Å². The number of rotatable bonds is 20. The smallest absolute Gasteiger partial charge is 0.140 e. The SMILES string of the molecule is O=CC(C=O)(C=O)CCCCCCCCCCCCCCCCCO. The van der Waals surface area contributed by atoms with Gasteiger partial charge in [0.2, 0.25) is 0 Å². The molecule has 1 N–H and O–H groups in total. The van der Waals surface area contributed by atoms with Gasteiger partial charge in [-0.15, -0.1) is 0 Å². The van der Waals surface area contributed by atoms with Crippen LogP contribution in [0.25, 0.3) is 0 Å². The molecule has 0 aliphatic carbocycles. The van der Waals surface area contributed by atoms with Gasteiger partial charge in [0.05, 0.1) is 0 Å². The van der Waals surface area contributed by atoms with E-state index in [1.54, 1.807) is 0 Å². The van der Waals surface area contributed by atoms with E-state index in [1.165, 1.54) is 64.2 Å². The largest absolute Gasteiger partial charge is 0.396 e. The van der Waals surface area contributed by atoms with Gasteiger partial charge in [-0.25, -0.2) is 0 Å². The molecule has 0 aliphatic rings. The molecule has 0 radical (unpaired) electrons. The molecule has 0 aromatic heterocycles. The van der Waals surface area contributed by atoms with Crippen molar-refractivity contribution in [2.75, 3.05) is 6.61 Å². The predicted octanol–water partition coefficient (Wildman–Crippen LogP) is 4.80. The Labute approximate surface area is 153 Å². The summed E-state index contributed by atoms with van der Waals surface area (Å²) in [5, 5.41) is 8.70. The maximum absolute atomic E-state index is 10.8. The summed E-state index contributed by atoms with van der Waals surface area (Å²) in [7, 11) is 0. The second-order valence-electron chi connectivity index (χ2n) is 7.24. The van der Waals surface area contributed by atoms with Crippen molar-refractivity contribution in [1.29, 1.82) is 0 Å². The number of unbranched alkanes of at least 4 members (excludes halogenated alkanes) is 14. The third kappa shape index (κ3) is 13.9. The molecule has 4 nitrogen and oxygen atoms in total. The zero-order chi connectivity index (χ0) is 18.6. The van der Waals surface area contributed by atoms with Gasteiger partial charge in [0.25, 0.3) is 0 Å². The van der Waals surface area contributed by atoms with Crippen LogP contribution < -0.4 is 0 Å². The van der Waals surface area contributed by atoms with Crippen LogP contribution in [0.5, 0.6) is 0 Å². The highest BCUT2D eigenvalue weighted by Gasteiger charge is 2.27. The summed E-state index contributed by atoms with van der Waals surface area (Å²) < 4.78 is 0. The third-order valence-electron chi connectivity index (χ3n) is 4.93. The van der Waals surface area contributed by atoms with Crippen LogP contribution in [-0.4, -0.2) is 30.6 Å². The van der Waals surface area contributed by atoms with E-state index < -0.39 is 5.41 Å². The van der Waals surface area contributed by atoms with Crippen molar-refractivity contribution in [3.8, 4) is 0 Å². The van der Waals surface area contributed by atoms with Crippen molar-refractivity contribution in [3.05, 3.63) is 0 Å².